The largest absolute Gasteiger partial charge is 0.273 e. The third-order valence-corrected chi connectivity index (χ3v) is 3.06. The first-order chi connectivity index (χ1) is 8.99. The van der Waals surface area contributed by atoms with Gasteiger partial charge in [-0.3, -0.25) is 30.6 Å². The normalized spacial score (nSPS) is 20.5. The third kappa shape index (κ3) is 3.06. The van der Waals surface area contributed by atoms with E-state index in [1.165, 1.54) is 18.2 Å². The van der Waals surface area contributed by atoms with Gasteiger partial charge >= 0.3 is 0 Å². The summed E-state index contributed by atoms with van der Waals surface area (Å²) in [6.45, 7) is 1.95. The lowest BCUT2D eigenvalue weighted by molar-refractivity contribution is -0.384. The average molecular weight is 263 g/mol. The number of carbonyl (C=O) groups is 2. The van der Waals surface area contributed by atoms with Crippen LogP contribution in [0.2, 0.25) is 0 Å². The van der Waals surface area contributed by atoms with E-state index >= 15 is 0 Å². The highest BCUT2D eigenvalue weighted by molar-refractivity contribution is 5.96. The summed E-state index contributed by atoms with van der Waals surface area (Å²) in [4.78, 5) is 33.2. The molecule has 2 amide bonds. The zero-order valence-corrected chi connectivity index (χ0v) is 10.3. The van der Waals surface area contributed by atoms with Crippen molar-refractivity contribution in [3.63, 3.8) is 0 Å². The van der Waals surface area contributed by atoms with E-state index in [0.717, 1.165) is 12.5 Å². The summed E-state index contributed by atoms with van der Waals surface area (Å²) in [5.41, 5.74) is 4.51. The Bertz CT molecular complexity index is 544. The Morgan fingerprint density at radius 3 is 2.63 bits per heavy atom. The molecular formula is C12H13N3O4. The van der Waals surface area contributed by atoms with Crippen LogP contribution in [0, 0.1) is 22.0 Å². The van der Waals surface area contributed by atoms with Crippen LogP contribution in [0.25, 0.3) is 0 Å². The minimum absolute atomic E-state index is 0.0505. The van der Waals surface area contributed by atoms with Gasteiger partial charge in [-0.15, -0.1) is 0 Å². The number of nitro benzene ring substituents is 1. The van der Waals surface area contributed by atoms with Gasteiger partial charge in [-0.25, -0.2) is 0 Å². The van der Waals surface area contributed by atoms with Crippen molar-refractivity contribution in [2.75, 3.05) is 0 Å². The Labute approximate surface area is 109 Å². The summed E-state index contributed by atoms with van der Waals surface area (Å²) in [5.74, 6) is -0.517. The molecule has 2 atom stereocenters. The van der Waals surface area contributed by atoms with Gasteiger partial charge in [0.25, 0.3) is 11.6 Å². The lowest BCUT2D eigenvalue weighted by Crippen LogP contribution is -2.42. The molecule has 1 aromatic rings. The number of non-ortho nitro benzene ring substituents is 1. The number of nitro groups is 1. The zero-order valence-electron chi connectivity index (χ0n) is 10.3. The second-order valence-electron chi connectivity index (χ2n) is 4.57. The molecule has 0 aliphatic heterocycles. The van der Waals surface area contributed by atoms with E-state index in [0.29, 0.717) is 5.92 Å². The van der Waals surface area contributed by atoms with Crippen molar-refractivity contribution in [2.45, 2.75) is 13.3 Å². The molecule has 0 aromatic heterocycles. The molecule has 1 aliphatic rings. The molecule has 0 radical (unpaired) electrons. The highest BCUT2D eigenvalue weighted by Gasteiger charge is 2.39. The van der Waals surface area contributed by atoms with Crippen LogP contribution in [0.1, 0.15) is 23.7 Å². The monoisotopic (exact) mass is 263 g/mol. The Hall–Kier alpha value is -2.44. The average Bonchev–Trinajstić information content (AvgIpc) is 3.13. The standard InChI is InChI=1S/C12H13N3O4/c1-7-5-10(7)12(17)14-13-11(16)8-3-2-4-9(6-8)15(18)19/h2-4,6-7,10H,5H2,1H3,(H,13,16)(H,14,17)/t7-,10-/m1/s1. The molecule has 0 unspecified atom stereocenters. The molecule has 19 heavy (non-hydrogen) atoms. The first kappa shape index (κ1) is 13.0. The number of amides is 2. The number of carbonyl (C=O) groups excluding carboxylic acids is 2. The first-order valence-corrected chi connectivity index (χ1v) is 5.83. The van der Waals surface area contributed by atoms with Crippen molar-refractivity contribution < 1.29 is 14.5 Å². The molecule has 7 nitrogen and oxygen atoms in total. The first-order valence-electron chi connectivity index (χ1n) is 5.83. The maximum atomic E-state index is 11.7. The van der Waals surface area contributed by atoms with Gasteiger partial charge < -0.3 is 0 Å². The van der Waals surface area contributed by atoms with Crippen LogP contribution in [0.15, 0.2) is 24.3 Å². The molecule has 0 bridgehead atoms. The Morgan fingerprint density at radius 2 is 2.05 bits per heavy atom. The minimum Gasteiger partial charge on any atom is -0.273 e. The molecule has 1 saturated carbocycles. The molecule has 100 valence electrons. The lowest BCUT2D eigenvalue weighted by Gasteiger charge is -2.06. The summed E-state index contributed by atoms with van der Waals surface area (Å²) in [6, 6.07) is 5.30. The molecule has 2 rings (SSSR count). The maximum absolute atomic E-state index is 11.7. The highest BCUT2D eigenvalue weighted by atomic mass is 16.6. The topological polar surface area (TPSA) is 101 Å². The van der Waals surface area contributed by atoms with Crippen LogP contribution in [0.5, 0.6) is 0 Å². The van der Waals surface area contributed by atoms with Crippen LogP contribution in [0.4, 0.5) is 5.69 Å². The fourth-order valence-corrected chi connectivity index (χ4v) is 1.73. The summed E-state index contributed by atoms with van der Waals surface area (Å²) >= 11 is 0. The number of benzene rings is 1. The Kier molecular flexibility index (Phi) is 3.46. The second kappa shape index (κ2) is 5.05. The van der Waals surface area contributed by atoms with E-state index in [1.54, 1.807) is 0 Å². The van der Waals surface area contributed by atoms with Crippen LogP contribution >= 0.6 is 0 Å². The van der Waals surface area contributed by atoms with E-state index in [4.69, 9.17) is 0 Å². The molecule has 7 heteroatoms. The van der Waals surface area contributed by atoms with Crippen LogP contribution in [-0.4, -0.2) is 16.7 Å². The number of hydrogen-bond donors (Lipinski definition) is 2. The van der Waals surface area contributed by atoms with Gasteiger partial charge in [-0.2, -0.15) is 0 Å². The number of hydrazine groups is 1. The van der Waals surface area contributed by atoms with Gasteiger partial charge in [0.2, 0.25) is 5.91 Å². The number of nitrogens with one attached hydrogen (secondary N) is 2. The van der Waals surface area contributed by atoms with Gasteiger partial charge in [0.1, 0.15) is 0 Å². The van der Waals surface area contributed by atoms with E-state index in [9.17, 15) is 19.7 Å². The SMILES string of the molecule is C[C@@H]1C[C@H]1C(=O)NNC(=O)c1cccc([N+](=O)[O-])c1. The molecule has 1 aromatic carbocycles. The van der Waals surface area contributed by atoms with E-state index < -0.39 is 10.8 Å². The summed E-state index contributed by atoms with van der Waals surface area (Å²) < 4.78 is 0. The van der Waals surface area contributed by atoms with Gasteiger partial charge in [0.15, 0.2) is 0 Å². The third-order valence-electron chi connectivity index (χ3n) is 3.06. The quantitative estimate of drug-likeness (QED) is 0.627. The van der Waals surface area contributed by atoms with Crippen molar-refractivity contribution in [3.8, 4) is 0 Å². The Morgan fingerprint density at radius 1 is 1.37 bits per heavy atom. The predicted octanol–water partition coefficient (Wildman–Crippen LogP) is 1.01. The maximum Gasteiger partial charge on any atom is 0.270 e. The lowest BCUT2D eigenvalue weighted by atomic mass is 10.2. The van der Waals surface area contributed by atoms with Gasteiger partial charge in [0, 0.05) is 23.6 Å². The second-order valence-corrected chi connectivity index (χ2v) is 4.57. The number of hydrogen-bond acceptors (Lipinski definition) is 4. The van der Waals surface area contributed by atoms with E-state index in [2.05, 4.69) is 10.9 Å². The molecule has 0 heterocycles. The van der Waals surface area contributed by atoms with Crippen molar-refractivity contribution >= 4 is 17.5 Å². The number of nitrogens with zero attached hydrogens (tertiary/aromatic N) is 1. The fraction of sp³-hybridized carbons (Fsp3) is 0.333. The Balaban J connectivity index is 1.94. The molecule has 0 saturated heterocycles. The van der Waals surface area contributed by atoms with Crippen LogP contribution in [0.3, 0.4) is 0 Å². The van der Waals surface area contributed by atoms with Crippen molar-refractivity contribution in [3.05, 3.63) is 39.9 Å². The van der Waals surface area contributed by atoms with Crippen molar-refractivity contribution in [1.29, 1.82) is 0 Å². The van der Waals surface area contributed by atoms with E-state index in [-0.39, 0.29) is 23.1 Å². The van der Waals surface area contributed by atoms with Gasteiger partial charge in [-0.05, 0) is 18.4 Å². The van der Waals surface area contributed by atoms with E-state index in [1.807, 2.05) is 6.92 Å². The molecular weight excluding hydrogens is 250 g/mol. The smallest absolute Gasteiger partial charge is 0.270 e. The van der Waals surface area contributed by atoms with Gasteiger partial charge in [0.05, 0.1) is 4.92 Å². The van der Waals surface area contributed by atoms with Crippen LogP contribution in [-0.2, 0) is 4.79 Å². The number of rotatable bonds is 3. The summed E-state index contributed by atoms with van der Waals surface area (Å²) in [5, 5.41) is 10.6. The molecule has 1 fully saturated rings. The fourth-order valence-electron chi connectivity index (χ4n) is 1.73. The molecule has 0 spiro atoms. The summed E-state index contributed by atoms with van der Waals surface area (Å²) in [7, 11) is 0. The zero-order chi connectivity index (χ0) is 14.0. The minimum atomic E-state index is -0.582. The van der Waals surface area contributed by atoms with Crippen LogP contribution < -0.4 is 10.9 Å². The van der Waals surface area contributed by atoms with Crippen molar-refractivity contribution in [2.24, 2.45) is 11.8 Å². The predicted molar refractivity (Wildman–Crippen MR) is 66.0 cm³/mol. The molecule has 1 aliphatic carbocycles. The van der Waals surface area contributed by atoms with Crippen molar-refractivity contribution in [1.82, 2.24) is 10.9 Å². The molecule has 2 N–H and O–H groups in total. The highest BCUT2D eigenvalue weighted by Crippen LogP contribution is 2.37. The van der Waals surface area contributed by atoms with Gasteiger partial charge in [-0.1, -0.05) is 13.0 Å². The summed E-state index contributed by atoms with van der Waals surface area (Å²) in [6.07, 6.45) is 0.818.